The maximum Gasteiger partial charge on any atom is 0.312 e. The van der Waals surface area contributed by atoms with Crippen molar-refractivity contribution in [3.63, 3.8) is 0 Å². The monoisotopic (exact) mass is 425 g/mol. The number of hydrogen-bond acceptors (Lipinski definition) is 6. The van der Waals surface area contributed by atoms with E-state index in [4.69, 9.17) is 4.74 Å². The standard InChI is InChI=1S/C19H27N3O6S/c1-14-6-5-7-15(2)21(14)19(23)13-28-18-9-8-16(12-17(18)22(24)25)29(26,27)20-10-3-4-11-20/h8-9,12,14-15H,3-7,10-11,13H2,1-2H3/t14-,15-/m1/s1. The van der Waals surface area contributed by atoms with Crippen LogP contribution in [0.4, 0.5) is 5.69 Å². The highest BCUT2D eigenvalue weighted by molar-refractivity contribution is 7.89. The molecule has 0 saturated carbocycles. The molecule has 1 amide bonds. The minimum atomic E-state index is -3.78. The molecule has 3 rings (SSSR count). The van der Waals surface area contributed by atoms with Gasteiger partial charge < -0.3 is 9.64 Å². The molecule has 0 aliphatic carbocycles. The summed E-state index contributed by atoms with van der Waals surface area (Å²) in [6.45, 7) is 4.46. The summed E-state index contributed by atoms with van der Waals surface area (Å²) in [5.74, 6) is -0.339. The first-order valence-electron chi connectivity index (χ1n) is 9.94. The van der Waals surface area contributed by atoms with Crippen LogP contribution < -0.4 is 4.74 Å². The molecule has 1 aromatic rings. The molecule has 0 aromatic heterocycles. The predicted molar refractivity (Wildman–Crippen MR) is 106 cm³/mol. The summed E-state index contributed by atoms with van der Waals surface area (Å²) < 4.78 is 32.1. The first-order chi connectivity index (χ1) is 13.7. The molecule has 1 aromatic carbocycles. The number of nitro benzene ring substituents is 1. The molecule has 2 atom stereocenters. The Morgan fingerprint density at radius 2 is 1.79 bits per heavy atom. The summed E-state index contributed by atoms with van der Waals surface area (Å²) in [6, 6.07) is 3.76. The van der Waals surface area contributed by atoms with Crippen LogP contribution in [-0.4, -0.2) is 60.2 Å². The second-order valence-corrected chi connectivity index (χ2v) is 9.65. The fourth-order valence-corrected chi connectivity index (χ4v) is 5.66. The number of carbonyl (C=O) groups excluding carboxylic acids is 1. The Morgan fingerprint density at radius 3 is 2.38 bits per heavy atom. The quantitative estimate of drug-likeness (QED) is 0.512. The number of hydrogen-bond donors (Lipinski definition) is 0. The van der Waals surface area contributed by atoms with Crippen LogP contribution in [0.3, 0.4) is 0 Å². The maximum atomic E-state index is 12.7. The highest BCUT2D eigenvalue weighted by Crippen LogP contribution is 2.32. The lowest BCUT2D eigenvalue weighted by molar-refractivity contribution is -0.386. The molecule has 2 aliphatic heterocycles. The molecule has 9 nitrogen and oxygen atoms in total. The molecular formula is C19H27N3O6S. The number of carbonyl (C=O) groups is 1. The minimum Gasteiger partial charge on any atom is -0.477 e. The Morgan fingerprint density at radius 1 is 1.17 bits per heavy atom. The lowest BCUT2D eigenvalue weighted by Crippen LogP contribution is -2.49. The Bertz CT molecular complexity index is 872. The van der Waals surface area contributed by atoms with Crippen molar-refractivity contribution in [1.82, 2.24) is 9.21 Å². The van der Waals surface area contributed by atoms with Crippen molar-refractivity contribution in [2.24, 2.45) is 0 Å². The molecule has 160 valence electrons. The second-order valence-electron chi connectivity index (χ2n) is 7.72. The number of ether oxygens (including phenoxy) is 1. The third-order valence-electron chi connectivity index (χ3n) is 5.66. The molecule has 0 spiro atoms. The zero-order valence-corrected chi connectivity index (χ0v) is 17.6. The van der Waals surface area contributed by atoms with E-state index in [2.05, 4.69) is 0 Å². The topological polar surface area (TPSA) is 110 Å². The summed E-state index contributed by atoms with van der Waals surface area (Å²) in [6.07, 6.45) is 4.44. The molecule has 0 radical (unpaired) electrons. The Hall–Kier alpha value is -2.20. The molecule has 0 unspecified atom stereocenters. The van der Waals surface area contributed by atoms with Gasteiger partial charge >= 0.3 is 5.69 Å². The summed E-state index contributed by atoms with van der Waals surface area (Å²) in [4.78, 5) is 25.0. The van der Waals surface area contributed by atoms with Gasteiger partial charge in [-0.25, -0.2) is 8.42 Å². The first kappa shape index (κ1) is 21.5. The lowest BCUT2D eigenvalue weighted by atomic mass is 9.97. The number of amides is 1. The molecule has 2 heterocycles. The van der Waals surface area contributed by atoms with Gasteiger partial charge in [-0.05, 0) is 58.1 Å². The fourth-order valence-electron chi connectivity index (χ4n) is 4.13. The summed E-state index contributed by atoms with van der Waals surface area (Å²) in [5, 5.41) is 11.5. The summed E-state index contributed by atoms with van der Waals surface area (Å²) in [7, 11) is -3.78. The van der Waals surface area contributed by atoms with Crippen molar-refractivity contribution in [2.75, 3.05) is 19.7 Å². The molecule has 10 heteroatoms. The third-order valence-corrected chi connectivity index (χ3v) is 7.56. The fraction of sp³-hybridized carbons (Fsp3) is 0.632. The highest BCUT2D eigenvalue weighted by Gasteiger charge is 2.31. The Balaban J connectivity index is 1.77. The average molecular weight is 426 g/mol. The van der Waals surface area contributed by atoms with E-state index in [1.54, 1.807) is 4.90 Å². The van der Waals surface area contributed by atoms with Gasteiger partial charge in [0.1, 0.15) is 0 Å². The van der Waals surface area contributed by atoms with Crippen molar-refractivity contribution in [3.8, 4) is 5.75 Å². The zero-order chi connectivity index (χ0) is 21.2. The Kier molecular flexibility index (Phi) is 6.42. The number of piperidine rings is 1. The highest BCUT2D eigenvalue weighted by atomic mass is 32.2. The molecule has 2 aliphatic rings. The van der Waals surface area contributed by atoms with Gasteiger partial charge in [0.15, 0.2) is 12.4 Å². The van der Waals surface area contributed by atoms with E-state index in [0.717, 1.165) is 38.2 Å². The van der Waals surface area contributed by atoms with Gasteiger partial charge in [0, 0.05) is 31.2 Å². The number of likely N-dealkylation sites (tertiary alicyclic amines) is 1. The van der Waals surface area contributed by atoms with Gasteiger partial charge in [0.25, 0.3) is 5.91 Å². The van der Waals surface area contributed by atoms with Crippen LogP contribution in [0, 0.1) is 10.1 Å². The van der Waals surface area contributed by atoms with E-state index in [0.29, 0.717) is 13.1 Å². The van der Waals surface area contributed by atoms with E-state index < -0.39 is 20.6 Å². The van der Waals surface area contributed by atoms with Gasteiger partial charge in [-0.1, -0.05) is 0 Å². The van der Waals surface area contributed by atoms with Crippen LogP contribution in [0.1, 0.15) is 46.0 Å². The Labute approximate surface area is 170 Å². The van der Waals surface area contributed by atoms with E-state index >= 15 is 0 Å². The number of sulfonamides is 1. The number of rotatable bonds is 6. The van der Waals surface area contributed by atoms with Gasteiger partial charge in [-0.15, -0.1) is 0 Å². The van der Waals surface area contributed by atoms with Crippen molar-refractivity contribution >= 4 is 21.6 Å². The second kappa shape index (κ2) is 8.66. The molecular weight excluding hydrogens is 398 g/mol. The van der Waals surface area contributed by atoms with Gasteiger partial charge in [0.2, 0.25) is 10.0 Å². The minimum absolute atomic E-state index is 0.0952. The molecule has 0 bridgehead atoms. The third kappa shape index (κ3) is 4.53. The van der Waals surface area contributed by atoms with Crippen LogP contribution in [0.2, 0.25) is 0 Å². The van der Waals surface area contributed by atoms with Crippen molar-refractivity contribution in [1.29, 1.82) is 0 Å². The zero-order valence-electron chi connectivity index (χ0n) is 16.7. The van der Waals surface area contributed by atoms with Crippen molar-refractivity contribution in [2.45, 2.75) is 62.9 Å². The van der Waals surface area contributed by atoms with E-state index in [9.17, 15) is 23.3 Å². The van der Waals surface area contributed by atoms with Crippen LogP contribution >= 0.6 is 0 Å². The molecule has 2 saturated heterocycles. The normalized spacial score (nSPS) is 23.2. The molecule has 0 N–H and O–H groups in total. The van der Waals surface area contributed by atoms with E-state index in [1.807, 2.05) is 13.8 Å². The summed E-state index contributed by atoms with van der Waals surface area (Å²) >= 11 is 0. The van der Waals surface area contributed by atoms with E-state index in [1.165, 1.54) is 16.4 Å². The predicted octanol–water partition coefficient (Wildman–Crippen LogP) is 2.55. The maximum absolute atomic E-state index is 12.7. The summed E-state index contributed by atoms with van der Waals surface area (Å²) in [5.41, 5.74) is -0.460. The molecule has 29 heavy (non-hydrogen) atoms. The molecule has 2 fully saturated rings. The van der Waals surface area contributed by atoms with Crippen LogP contribution in [0.25, 0.3) is 0 Å². The lowest BCUT2D eigenvalue weighted by Gasteiger charge is -2.38. The smallest absolute Gasteiger partial charge is 0.312 e. The largest absolute Gasteiger partial charge is 0.477 e. The number of nitrogens with zero attached hydrogens (tertiary/aromatic N) is 3. The van der Waals surface area contributed by atoms with Gasteiger partial charge in [-0.3, -0.25) is 14.9 Å². The van der Waals surface area contributed by atoms with Gasteiger partial charge in [0.05, 0.1) is 9.82 Å². The van der Waals surface area contributed by atoms with Crippen molar-refractivity contribution in [3.05, 3.63) is 28.3 Å². The van der Waals surface area contributed by atoms with Crippen LogP contribution in [0.15, 0.2) is 23.1 Å². The van der Waals surface area contributed by atoms with Crippen LogP contribution in [0.5, 0.6) is 5.75 Å². The average Bonchev–Trinajstić information content (AvgIpc) is 3.21. The SMILES string of the molecule is C[C@@H]1CCC[C@@H](C)N1C(=O)COc1ccc(S(=O)(=O)N2CCCC2)cc1[N+](=O)[O-]. The van der Waals surface area contributed by atoms with Crippen LogP contribution in [-0.2, 0) is 14.8 Å². The van der Waals surface area contributed by atoms with E-state index in [-0.39, 0.29) is 35.2 Å². The van der Waals surface area contributed by atoms with Crippen molar-refractivity contribution < 1.29 is 22.9 Å². The number of nitro groups is 1. The number of benzene rings is 1. The van der Waals surface area contributed by atoms with Gasteiger partial charge in [-0.2, -0.15) is 4.31 Å². The first-order valence-corrected chi connectivity index (χ1v) is 11.4.